The van der Waals surface area contributed by atoms with Gasteiger partial charge in [-0.05, 0) is 57.7 Å². The summed E-state index contributed by atoms with van der Waals surface area (Å²) in [5, 5.41) is 3.16. The lowest BCUT2D eigenvalue weighted by Gasteiger charge is -2.19. The molecule has 0 bridgehead atoms. The van der Waals surface area contributed by atoms with Crippen molar-refractivity contribution in [1.29, 1.82) is 0 Å². The minimum atomic E-state index is -0.710. The van der Waals surface area contributed by atoms with E-state index in [1.807, 2.05) is 19.1 Å². The van der Waals surface area contributed by atoms with Crippen LogP contribution in [-0.4, -0.2) is 47.9 Å². The molecule has 4 rings (SSSR count). The van der Waals surface area contributed by atoms with E-state index < -0.39 is 36.4 Å². The van der Waals surface area contributed by atoms with Gasteiger partial charge in [-0.2, -0.15) is 0 Å². The zero-order valence-electron chi connectivity index (χ0n) is 18.3. The van der Waals surface area contributed by atoms with Crippen LogP contribution in [-0.2, 0) is 27.2 Å². The number of benzene rings is 1. The van der Waals surface area contributed by atoms with Gasteiger partial charge in [-0.15, -0.1) is 11.3 Å². The number of nitrogens with zero attached hydrogens (tertiary/aromatic N) is 2. The number of esters is 1. The molecule has 1 atom stereocenters. The van der Waals surface area contributed by atoms with E-state index >= 15 is 0 Å². The zero-order chi connectivity index (χ0) is 23.0. The number of hydrogen-bond acceptors (Lipinski definition) is 6. The number of carbonyl (C=O) groups excluding carboxylic acids is 4. The van der Waals surface area contributed by atoms with Crippen LogP contribution in [0, 0.1) is 6.92 Å². The average molecular weight is 456 g/mol. The summed E-state index contributed by atoms with van der Waals surface area (Å²) in [6.07, 6.45) is 2.59. The molecule has 1 aliphatic carbocycles. The van der Waals surface area contributed by atoms with Crippen molar-refractivity contribution in [2.24, 2.45) is 0 Å². The number of thiophene rings is 1. The third-order valence-electron chi connectivity index (χ3n) is 5.72. The van der Waals surface area contributed by atoms with E-state index in [9.17, 15) is 19.2 Å². The van der Waals surface area contributed by atoms with Crippen molar-refractivity contribution in [1.82, 2.24) is 4.90 Å². The van der Waals surface area contributed by atoms with Crippen LogP contribution >= 0.6 is 11.3 Å². The summed E-state index contributed by atoms with van der Waals surface area (Å²) in [6, 6.07) is 6.03. The fourth-order valence-corrected chi connectivity index (χ4v) is 5.43. The number of amides is 4. The van der Waals surface area contributed by atoms with Crippen molar-refractivity contribution in [3.63, 3.8) is 0 Å². The molecule has 0 spiro atoms. The molecule has 2 heterocycles. The first-order chi connectivity index (χ1) is 15.3. The molecule has 1 fully saturated rings. The molecule has 8 nitrogen and oxygen atoms in total. The highest BCUT2D eigenvalue weighted by Gasteiger charge is 2.44. The Balaban J connectivity index is 1.51. The van der Waals surface area contributed by atoms with E-state index in [2.05, 4.69) is 5.32 Å². The summed E-state index contributed by atoms with van der Waals surface area (Å²) < 4.78 is 5.18. The Hall–Kier alpha value is -3.20. The van der Waals surface area contributed by atoms with Gasteiger partial charge in [0, 0.05) is 10.6 Å². The molecule has 32 heavy (non-hydrogen) atoms. The molecule has 0 unspecified atom stereocenters. The largest absolute Gasteiger partial charge is 0.462 e. The van der Waals surface area contributed by atoms with Crippen LogP contribution in [0.15, 0.2) is 24.3 Å². The Labute approximate surface area is 190 Å². The van der Waals surface area contributed by atoms with Gasteiger partial charge in [0.05, 0.1) is 12.2 Å². The molecule has 9 heteroatoms. The molecular weight excluding hydrogens is 430 g/mol. The number of ether oxygens (including phenoxy) is 1. The molecule has 168 valence electrons. The van der Waals surface area contributed by atoms with Crippen molar-refractivity contribution in [3.8, 4) is 0 Å². The molecule has 1 aliphatic heterocycles. The molecule has 1 aromatic heterocycles. The van der Waals surface area contributed by atoms with Gasteiger partial charge in [-0.1, -0.05) is 17.7 Å². The Morgan fingerprint density at radius 3 is 2.59 bits per heavy atom. The predicted molar refractivity (Wildman–Crippen MR) is 121 cm³/mol. The second-order valence-corrected chi connectivity index (χ2v) is 9.02. The molecule has 4 amide bonds. The Morgan fingerprint density at radius 1 is 1.19 bits per heavy atom. The standard InChI is InChI=1S/C23H25N3O5S/c1-4-31-22(29)19-16-6-5-7-17(16)32-20(19)24-18(27)12-25-21(28)14(3)26(23(25)30)15-10-8-13(2)9-11-15/h8-11,14H,4-7,12H2,1-3H3,(H,24,27)/t14-/m1/s1. The minimum Gasteiger partial charge on any atom is -0.462 e. The van der Waals surface area contributed by atoms with Gasteiger partial charge in [-0.3, -0.25) is 19.4 Å². The summed E-state index contributed by atoms with van der Waals surface area (Å²) >= 11 is 1.36. The normalized spacial score (nSPS) is 17.7. The zero-order valence-corrected chi connectivity index (χ0v) is 19.1. The topological polar surface area (TPSA) is 96.0 Å². The van der Waals surface area contributed by atoms with Gasteiger partial charge in [0.1, 0.15) is 17.6 Å². The Morgan fingerprint density at radius 2 is 1.91 bits per heavy atom. The number of anilines is 2. The second kappa shape index (κ2) is 8.74. The molecule has 2 aliphatic rings. The van der Waals surface area contributed by atoms with Crippen LogP contribution < -0.4 is 10.2 Å². The summed E-state index contributed by atoms with van der Waals surface area (Å²) in [4.78, 5) is 54.4. The molecular formula is C23H25N3O5S. The smallest absolute Gasteiger partial charge is 0.341 e. The number of imide groups is 1. The highest BCUT2D eigenvalue weighted by atomic mass is 32.1. The van der Waals surface area contributed by atoms with Crippen molar-refractivity contribution >= 4 is 45.8 Å². The van der Waals surface area contributed by atoms with E-state index in [1.54, 1.807) is 26.0 Å². The first-order valence-corrected chi connectivity index (χ1v) is 11.5. The second-order valence-electron chi connectivity index (χ2n) is 7.92. The maximum absolute atomic E-state index is 13.0. The van der Waals surface area contributed by atoms with E-state index in [0.29, 0.717) is 16.3 Å². The number of hydrogen-bond donors (Lipinski definition) is 1. The highest BCUT2D eigenvalue weighted by molar-refractivity contribution is 7.17. The Kier molecular flexibility index (Phi) is 6.01. The lowest BCUT2D eigenvalue weighted by atomic mass is 10.1. The van der Waals surface area contributed by atoms with Gasteiger partial charge >= 0.3 is 12.0 Å². The maximum Gasteiger partial charge on any atom is 0.341 e. The van der Waals surface area contributed by atoms with E-state index in [-0.39, 0.29) is 6.61 Å². The van der Waals surface area contributed by atoms with Crippen molar-refractivity contribution < 1.29 is 23.9 Å². The number of urea groups is 1. The summed E-state index contributed by atoms with van der Waals surface area (Å²) in [5.74, 6) is -1.44. The third kappa shape index (κ3) is 3.88. The fourth-order valence-electron chi connectivity index (χ4n) is 4.13. The number of fused-ring (bicyclic) bond motifs is 1. The van der Waals surface area contributed by atoms with Crippen LogP contribution in [0.4, 0.5) is 15.5 Å². The predicted octanol–water partition coefficient (Wildman–Crippen LogP) is 3.52. The number of aryl methyl sites for hydroxylation is 2. The molecule has 1 N–H and O–H groups in total. The Bertz CT molecular complexity index is 1090. The lowest BCUT2D eigenvalue weighted by Crippen LogP contribution is -2.39. The van der Waals surface area contributed by atoms with Crippen LogP contribution in [0.25, 0.3) is 0 Å². The monoisotopic (exact) mass is 455 g/mol. The van der Waals surface area contributed by atoms with Crippen molar-refractivity contribution in [3.05, 3.63) is 45.8 Å². The van der Waals surface area contributed by atoms with E-state index in [1.165, 1.54) is 16.2 Å². The van der Waals surface area contributed by atoms with Gasteiger partial charge in [0.15, 0.2) is 0 Å². The van der Waals surface area contributed by atoms with Crippen LogP contribution in [0.2, 0.25) is 0 Å². The van der Waals surface area contributed by atoms with E-state index in [0.717, 1.165) is 40.2 Å². The van der Waals surface area contributed by atoms with Gasteiger partial charge < -0.3 is 10.1 Å². The minimum absolute atomic E-state index is 0.236. The maximum atomic E-state index is 13.0. The van der Waals surface area contributed by atoms with Gasteiger partial charge in [0.25, 0.3) is 5.91 Å². The molecule has 0 saturated carbocycles. The molecule has 1 aromatic carbocycles. The number of carbonyl (C=O) groups is 4. The van der Waals surface area contributed by atoms with Crippen LogP contribution in [0.1, 0.15) is 46.6 Å². The first kappa shape index (κ1) is 22.0. The lowest BCUT2D eigenvalue weighted by molar-refractivity contribution is -0.130. The SMILES string of the molecule is CCOC(=O)c1c(NC(=O)CN2C(=O)[C@@H](C)N(c3ccc(C)cc3)C2=O)sc2c1CCC2. The molecule has 0 radical (unpaired) electrons. The first-order valence-electron chi connectivity index (χ1n) is 10.6. The quantitative estimate of drug-likeness (QED) is 0.531. The van der Waals surface area contributed by atoms with E-state index in [4.69, 9.17) is 4.74 Å². The average Bonchev–Trinajstić information content (AvgIpc) is 3.38. The summed E-state index contributed by atoms with van der Waals surface area (Å²) in [6.45, 7) is 5.12. The fraction of sp³-hybridized carbons (Fsp3) is 0.391. The number of rotatable bonds is 6. The molecule has 2 aromatic rings. The highest BCUT2D eigenvalue weighted by Crippen LogP contribution is 2.39. The van der Waals surface area contributed by atoms with Gasteiger partial charge in [-0.25, -0.2) is 9.59 Å². The van der Waals surface area contributed by atoms with Crippen molar-refractivity contribution in [2.75, 3.05) is 23.4 Å². The number of nitrogens with one attached hydrogen (secondary N) is 1. The molecule has 1 saturated heterocycles. The van der Waals surface area contributed by atoms with Gasteiger partial charge in [0.2, 0.25) is 5.91 Å². The van der Waals surface area contributed by atoms with Crippen LogP contribution in [0.5, 0.6) is 0 Å². The summed E-state index contributed by atoms with van der Waals surface area (Å²) in [7, 11) is 0. The van der Waals surface area contributed by atoms with Crippen molar-refractivity contribution in [2.45, 2.75) is 46.1 Å². The summed E-state index contributed by atoms with van der Waals surface area (Å²) in [5.41, 5.74) is 2.96. The van der Waals surface area contributed by atoms with Crippen LogP contribution in [0.3, 0.4) is 0 Å². The third-order valence-corrected chi connectivity index (χ3v) is 6.92.